The average Bonchev–Trinajstić information content (AvgIpc) is 2.39. The maximum Gasteiger partial charge on any atom is 0.256 e. The highest BCUT2D eigenvalue weighted by Gasteiger charge is 2.23. The van der Waals surface area contributed by atoms with Crippen molar-refractivity contribution >= 4 is 5.91 Å². The minimum atomic E-state index is -0.436. The quantitative estimate of drug-likeness (QED) is 0.881. The van der Waals surface area contributed by atoms with Gasteiger partial charge in [-0.15, -0.1) is 0 Å². The molecule has 5 heteroatoms. The predicted octanol–water partition coefficient (Wildman–Crippen LogP) is 0.851. The van der Waals surface area contributed by atoms with Crippen molar-refractivity contribution in [2.75, 3.05) is 39.3 Å². The van der Waals surface area contributed by atoms with Crippen molar-refractivity contribution in [3.63, 3.8) is 0 Å². The van der Waals surface area contributed by atoms with Crippen LogP contribution in [-0.4, -0.2) is 55.0 Å². The van der Waals surface area contributed by atoms with Crippen LogP contribution in [0.3, 0.4) is 0 Å². The van der Waals surface area contributed by atoms with Crippen LogP contribution in [0.25, 0.3) is 0 Å². The van der Waals surface area contributed by atoms with Crippen LogP contribution in [-0.2, 0) is 0 Å². The van der Waals surface area contributed by atoms with E-state index in [1.807, 2.05) is 6.92 Å². The fourth-order valence-electron chi connectivity index (χ4n) is 2.32. The smallest absolute Gasteiger partial charge is 0.256 e. The lowest BCUT2D eigenvalue weighted by Gasteiger charge is -2.34. The Hall–Kier alpha value is -1.46. The zero-order valence-electron chi connectivity index (χ0n) is 11.2. The summed E-state index contributed by atoms with van der Waals surface area (Å²) in [5.41, 5.74) is 6.49. The minimum Gasteiger partial charge on any atom is -0.336 e. The molecule has 1 aliphatic heterocycles. The highest BCUT2D eigenvalue weighted by Crippen LogP contribution is 2.14. The maximum absolute atomic E-state index is 13.8. The summed E-state index contributed by atoms with van der Waals surface area (Å²) in [5, 5.41) is 0. The number of aryl methyl sites for hydroxylation is 1. The number of halogens is 1. The van der Waals surface area contributed by atoms with E-state index in [-0.39, 0.29) is 11.5 Å². The van der Waals surface area contributed by atoms with E-state index in [0.29, 0.717) is 19.6 Å². The molecular formula is C14H20FN3O. The number of benzene rings is 1. The molecular weight excluding hydrogens is 245 g/mol. The molecule has 0 aromatic heterocycles. The van der Waals surface area contributed by atoms with Gasteiger partial charge in [0, 0.05) is 39.3 Å². The van der Waals surface area contributed by atoms with Crippen molar-refractivity contribution in [3.8, 4) is 0 Å². The van der Waals surface area contributed by atoms with Gasteiger partial charge < -0.3 is 10.6 Å². The molecule has 0 bridgehead atoms. The summed E-state index contributed by atoms with van der Waals surface area (Å²) in [6, 6.07) is 4.73. The van der Waals surface area contributed by atoms with Crippen LogP contribution in [0, 0.1) is 12.7 Å². The van der Waals surface area contributed by atoms with Gasteiger partial charge in [0.15, 0.2) is 0 Å². The molecule has 0 aliphatic carbocycles. The number of hydrogen-bond donors (Lipinski definition) is 1. The number of amides is 1. The van der Waals surface area contributed by atoms with E-state index in [1.165, 1.54) is 6.07 Å². The largest absolute Gasteiger partial charge is 0.336 e. The van der Waals surface area contributed by atoms with Gasteiger partial charge in [-0.2, -0.15) is 0 Å². The van der Waals surface area contributed by atoms with Crippen molar-refractivity contribution < 1.29 is 9.18 Å². The predicted molar refractivity (Wildman–Crippen MR) is 72.5 cm³/mol. The molecule has 0 unspecified atom stereocenters. The number of nitrogens with two attached hydrogens (primary N) is 1. The standard InChI is InChI=1S/C14H20FN3O/c1-11-2-3-12(13(15)10-11)14(19)18-8-6-17(5-4-16)7-9-18/h2-3,10H,4-9,16H2,1H3. The highest BCUT2D eigenvalue weighted by atomic mass is 19.1. The Labute approximate surface area is 113 Å². The first-order chi connectivity index (χ1) is 9.11. The zero-order chi connectivity index (χ0) is 13.8. The van der Waals surface area contributed by atoms with Gasteiger partial charge in [0.25, 0.3) is 5.91 Å². The molecule has 104 valence electrons. The Balaban J connectivity index is 2.01. The van der Waals surface area contributed by atoms with Crippen LogP contribution in [0.1, 0.15) is 15.9 Å². The van der Waals surface area contributed by atoms with Gasteiger partial charge in [-0.05, 0) is 24.6 Å². The summed E-state index contributed by atoms with van der Waals surface area (Å²) < 4.78 is 13.8. The Morgan fingerprint density at radius 2 is 2.00 bits per heavy atom. The molecule has 2 rings (SSSR count). The topological polar surface area (TPSA) is 49.6 Å². The van der Waals surface area contributed by atoms with Gasteiger partial charge in [-0.3, -0.25) is 9.69 Å². The van der Waals surface area contributed by atoms with E-state index in [9.17, 15) is 9.18 Å². The molecule has 1 aromatic rings. The molecule has 1 fully saturated rings. The molecule has 0 saturated carbocycles. The summed E-state index contributed by atoms with van der Waals surface area (Å²) in [5.74, 6) is -0.653. The Morgan fingerprint density at radius 3 is 2.58 bits per heavy atom. The Bertz CT molecular complexity index is 456. The van der Waals surface area contributed by atoms with Crippen LogP contribution >= 0.6 is 0 Å². The second-order valence-corrected chi connectivity index (χ2v) is 4.91. The van der Waals surface area contributed by atoms with E-state index < -0.39 is 5.82 Å². The lowest BCUT2D eigenvalue weighted by molar-refractivity contribution is 0.0636. The fourth-order valence-corrected chi connectivity index (χ4v) is 2.32. The van der Waals surface area contributed by atoms with Crippen molar-refractivity contribution in [1.82, 2.24) is 9.80 Å². The molecule has 1 heterocycles. The van der Waals surface area contributed by atoms with Gasteiger partial charge in [-0.25, -0.2) is 4.39 Å². The van der Waals surface area contributed by atoms with Crippen LogP contribution in [0.4, 0.5) is 4.39 Å². The van der Waals surface area contributed by atoms with E-state index in [0.717, 1.165) is 25.2 Å². The Kier molecular flexibility index (Phi) is 4.50. The summed E-state index contributed by atoms with van der Waals surface area (Å²) in [6.45, 7) is 6.15. The molecule has 1 aliphatic rings. The van der Waals surface area contributed by atoms with E-state index >= 15 is 0 Å². The molecule has 1 saturated heterocycles. The first-order valence-corrected chi connectivity index (χ1v) is 6.59. The van der Waals surface area contributed by atoms with Crippen molar-refractivity contribution in [2.24, 2.45) is 5.73 Å². The first-order valence-electron chi connectivity index (χ1n) is 6.59. The molecule has 19 heavy (non-hydrogen) atoms. The number of hydrogen-bond acceptors (Lipinski definition) is 3. The normalized spacial score (nSPS) is 16.7. The van der Waals surface area contributed by atoms with Gasteiger partial charge in [0.05, 0.1) is 5.56 Å². The second kappa shape index (κ2) is 6.12. The third-order valence-corrected chi connectivity index (χ3v) is 3.46. The van der Waals surface area contributed by atoms with Crippen molar-refractivity contribution in [2.45, 2.75) is 6.92 Å². The molecule has 0 atom stereocenters. The summed E-state index contributed by atoms with van der Waals surface area (Å²) >= 11 is 0. The monoisotopic (exact) mass is 265 g/mol. The average molecular weight is 265 g/mol. The lowest BCUT2D eigenvalue weighted by Crippen LogP contribution is -2.49. The maximum atomic E-state index is 13.8. The van der Waals surface area contributed by atoms with Crippen LogP contribution in [0.5, 0.6) is 0 Å². The Morgan fingerprint density at radius 1 is 1.32 bits per heavy atom. The molecule has 0 radical (unpaired) electrons. The van der Waals surface area contributed by atoms with Gasteiger partial charge in [-0.1, -0.05) is 6.07 Å². The number of nitrogens with zero attached hydrogens (tertiary/aromatic N) is 2. The first kappa shape index (κ1) is 14.0. The third kappa shape index (κ3) is 3.30. The van der Waals surface area contributed by atoms with E-state index in [2.05, 4.69) is 4.90 Å². The van der Waals surface area contributed by atoms with Gasteiger partial charge >= 0.3 is 0 Å². The number of piperazine rings is 1. The number of rotatable bonds is 3. The van der Waals surface area contributed by atoms with E-state index in [1.54, 1.807) is 17.0 Å². The van der Waals surface area contributed by atoms with Crippen LogP contribution in [0.2, 0.25) is 0 Å². The van der Waals surface area contributed by atoms with Gasteiger partial charge in [0.2, 0.25) is 0 Å². The van der Waals surface area contributed by atoms with Crippen LogP contribution < -0.4 is 5.73 Å². The van der Waals surface area contributed by atoms with E-state index in [4.69, 9.17) is 5.73 Å². The molecule has 1 amide bonds. The molecule has 0 spiro atoms. The van der Waals surface area contributed by atoms with Crippen molar-refractivity contribution in [1.29, 1.82) is 0 Å². The number of carbonyl (C=O) groups is 1. The fraction of sp³-hybridized carbons (Fsp3) is 0.500. The number of carbonyl (C=O) groups excluding carboxylic acids is 1. The zero-order valence-corrected chi connectivity index (χ0v) is 11.2. The molecule has 4 nitrogen and oxygen atoms in total. The molecule has 2 N–H and O–H groups in total. The van der Waals surface area contributed by atoms with Gasteiger partial charge in [0.1, 0.15) is 5.82 Å². The summed E-state index contributed by atoms with van der Waals surface area (Å²) in [4.78, 5) is 16.2. The second-order valence-electron chi connectivity index (χ2n) is 4.91. The van der Waals surface area contributed by atoms with Crippen LogP contribution in [0.15, 0.2) is 18.2 Å². The van der Waals surface area contributed by atoms with Crippen molar-refractivity contribution in [3.05, 3.63) is 35.1 Å². The highest BCUT2D eigenvalue weighted by molar-refractivity contribution is 5.94. The SMILES string of the molecule is Cc1ccc(C(=O)N2CCN(CCN)CC2)c(F)c1. The lowest BCUT2D eigenvalue weighted by atomic mass is 10.1. The summed E-state index contributed by atoms with van der Waals surface area (Å²) in [6.07, 6.45) is 0. The minimum absolute atomic E-state index is 0.165. The third-order valence-electron chi connectivity index (χ3n) is 3.46. The molecule has 1 aromatic carbocycles. The summed E-state index contributed by atoms with van der Waals surface area (Å²) in [7, 11) is 0.